The van der Waals surface area contributed by atoms with Gasteiger partial charge in [0.2, 0.25) is 10.0 Å². The Labute approximate surface area is 127 Å². The first-order valence-electron chi connectivity index (χ1n) is 7.37. The molecule has 0 radical (unpaired) electrons. The van der Waals surface area contributed by atoms with Gasteiger partial charge in [-0.3, -0.25) is 0 Å². The Morgan fingerprint density at radius 1 is 1.24 bits per heavy atom. The van der Waals surface area contributed by atoms with E-state index in [1.165, 1.54) is 5.57 Å². The van der Waals surface area contributed by atoms with Gasteiger partial charge in [-0.1, -0.05) is 37.6 Å². The van der Waals surface area contributed by atoms with Crippen molar-refractivity contribution in [2.24, 2.45) is 0 Å². The lowest BCUT2D eigenvalue weighted by Crippen LogP contribution is -2.34. The highest BCUT2D eigenvalue weighted by Gasteiger charge is 2.25. The topological polar surface area (TPSA) is 49.4 Å². The fourth-order valence-corrected chi connectivity index (χ4v) is 3.60. The standard InChI is InChI=1S/C16H24N2O2S/c1-13(2)17-12-15-4-6-16(7-5-15)21(19,20)18-10-8-14(3)9-11-18/h4-8,13,17H,9-12H2,1-3H3. The van der Waals surface area contributed by atoms with Crippen molar-refractivity contribution in [1.29, 1.82) is 0 Å². The van der Waals surface area contributed by atoms with E-state index in [2.05, 4.69) is 19.2 Å². The lowest BCUT2D eigenvalue weighted by molar-refractivity contribution is 0.431. The number of hydrogen-bond acceptors (Lipinski definition) is 3. The first-order chi connectivity index (χ1) is 9.89. The Morgan fingerprint density at radius 3 is 2.43 bits per heavy atom. The highest BCUT2D eigenvalue weighted by molar-refractivity contribution is 7.89. The van der Waals surface area contributed by atoms with Crippen LogP contribution >= 0.6 is 0 Å². The third kappa shape index (κ3) is 4.15. The van der Waals surface area contributed by atoms with Crippen molar-refractivity contribution in [3.63, 3.8) is 0 Å². The SMILES string of the molecule is CC1=CCN(S(=O)(=O)c2ccc(CNC(C)C)cc2)CC1. The van der Waals surface area contributed by atoms with Crippen LogP contribution in [0.1, 0.15) is 32.8 Å². The van der Waals surface area contributed by atoms with E-state index < -0.39 is 10.0 Å². The Bertz CT molecular complexity index is 604. The molecule has 0 unspecified atom stereocenters. The molecule has 2 rings (SSSR count). The van der Waals surface area contributed by atoms with Crippen LogP contribution in [0.15, 0.2) is 40.8 Å². The summed E-state index contributed by atoms with van der Waals surface area (Å²) in [6.45, 7) is 8.02. The second-order valence-electron chi connectivity index (χ2n) is 5.84. The Balaban J connectivity index is 2.10. The summed E-state index contributed by atoms with van der Waals surface area (Å²) in [5.41, 5.74) is 2.36. The molecule has 1 heterocycles. The number of hydrogen-bond donors (Lipinski definition) is 1. The van der Waals surface area contributed by atoms with Crippen LogP contribution in [-0.4, -0.2) is 31.9 Å². The van der Waals surface area contributed by atoms with Crippen LogP contribution in [0.25, 0.3) is 0 Å². The highest BCUT2D eigenvalue weighted by atomic mass is 32.2. The quantitative estimate of drug-likeness (QED) is 0.850. The van der Waals surface area contributed by atoms with Gasteiger partial charge in [0.25, 0.3) is 0 Å². The van der Waals surface area contributed by atoms with E-state index in [4.69, 9.17) is 0 Å². The van der Waals surface area contributed by atoms with E-state index in [9.17, 15) is 8.42 Å². The van der Waals surface area contributed by atoms with Gasteiger partial charge in [-0.15, -0.1) is 0 Å². The van der Waals surface area contributed by atoms with Crippen LogP contribution in [0.2, 0.25) is 0 Å². The summed E-state index contributed by atoms with van der Waals surface area (Å²) in [4.78, 5) is 0.378. The first-order valence-corrected chi connectivity index (χ1v) is 8.81. The zero-order valence-electron chi connectivity index (χ0n) is 13.0. The number of rotatable bonds is 5. The smallest absolute Gasteiger partial charge is 0.243 e. The van der Waals surface area contributed by atoms with Crippen LogP contribution < -0.4 is 5.32 Å². The lowest BCUT2D eigenvalue weighted by Gasteiger charge is -2.24. The third-order valence-electron chi connectivity index (χ3n) is 3.67. The second kappa shape index (κ2) is 6.73. The molecular weight excluding hydrogens is 284 g/mol. The molecule has 0 amide bonds. The Kier molecular flexibility index (Phi) is 5.19. The summed E-state index contributed by atoms with van der Waals surface area (Å²) in [5.74, 6) is 0. The van der Waals surface area contributed by atoms with Gasteiger partial charge in [-0.2, -0.15) is 4.31 Å². The molecule has 4 nitrogen and oxygen atoms in total. The maximum atomic E-state index is 12.6. The molecule has 21 heavy (non-hydrogen) atoms. The summed E-state index contributed by atoms with van der Waals surface area (Å²) in [7, 11) is -3.37. The normalized spacial score (nSPS) is 17.0. The van der Waals surface area contributed by atoms with Crippen molar-refractivity contribution >= 4 is 10.0 Å². The Morgan fingerprint density at radius 2 is 1.90 bits per heavy atom. The number of sulfonamides is 1. The van der Waals surface area contributed by atoms with Crippen LogP contribution in [0.5, 0.6) is 0 Å². The molecule has 0 aliphatic carbocycles. The van der Waals surface area contributed by atoms with Crippen LogP contribution in [0.4, 0.5) is 0 Å². The molecule has 0 saturated carbocycles. The molecule has 1 N–H and O–H groups in total. The van der Waals surface area contributed by atoms with Gasteiger partial charge in [0.1, 0.15) is 0 Å². The van der Waals surface area contributed by atoms with Crippen molar-refractivity contribution in [3.8, 4) is 0 Å². The van der Waals surface area contributed by atoms with Gasteiger partial charge in [0.05, 0.1) is 4.90 Å². The summed E-state index contributed by atoms with van der Waals surface area (Å²) >= 11 is 0. The van der Waals surface area contributed by atoms with E-state index in [1.807, 2.05) is 25.1 Å². The summed E-state index contributed by atoms with van der Waals surface area (Å²) in [5, 5.41) is 3.32. The molecule has 0 aromatic heterocycles. The minimum Gasteiger partial charge on any atom is -0.310 e. The number of nitrogens with zero attached hydrogens (tertiary/aromatic N) is 1. The maximum absolute atomic E-state index is 12.6. The van der Waals surface area contributed by atoms with Gasteiger partial charge in [0, 0.05) is 25.7 Å². The van der Waals surface area contributed by atoms with E-state index >= 15 is 0 Å². The second-order valence-corrected chi connectivity index (χ2v) is 7.78. The molecule has 1 aliphatic heterocycles. The van der Waals surface area contributed by atoms with Gasteiger partial charge < -0.3 is 5.32 Å². The first kappa shape index (κ1) is 16.2. The molecule has 1 aromatic rings. The van der Waals surface area contributed by atoms with Gasteiger partial charge in [-0.25, -0.2) is 8.42 Å². The van der Waals surface area contributed by atoms with E-state index in [-0.39, 0.29) is 0 Å². The lowest BCUT2D eigenvalue weighted by atomic mass is 10.1. The zero-order valence-corrected chi connectivity index (χ0v) is 13.8. The molecule has 116 valence electrons. The maximum Gasteiger partial charge on any atom is 0.243 e. The van der Waals surface area contributed by atoms with Gasteiger partial charge in [0.15, 0.2) is 0 Å². The van der Waals surface area contributed by atoms with Gasteiger partial charge in [-0.05, 0) is 31.0 Å². The molecule has 1 aliphatic rings. The van der Waals surface area contributed by atoms with Crippen molar-refractivity contribution in [2.45, 2.75) is 44.7 Å². The average Bonchev–Trinajstić information content (AvgIpc) is 2.46. The van der Waals surface area contributed by atoms with Crippen molar-refractivity contribution in [1.82, 2.24) is 9.62 Å². The minimum atomic E-state index is -3.37. The number of nitrogens with one attached hydrogen (secondary N) is 1. The predicted octanol–water partition coefficient (Wildman–Crippen LogP) is 2.53. The molecule has 0 atom stereocenters. The molecule has 0 saturated heterocycles. The summed E-state index contributed by atoms with van der Waals surface area (Å²) in [6.07, 6.45) is 2.80. The third-order valence-corrected chi connectivity index (χ3v) is 5.55. The summed E-state index contributed by atoms with van der Waals surface area (Å²) < 4.78 is 26.6. The number of benzene rings is 1. The van der Waals surface area contributed by atoms with Gasteiger partial charge >= 0.3 is 0 Å². The fraction of sp³-hybridized carbons (Fsp3) is 0.500. The van der Waals surface area contributed by atoms with E-state index in [0.29, 0.717) is 24.0 Å². The average molecular weight is 308 g/mol. The van der Waals surface area contributed by atoms with Crippen LogP contribution in [0, 0.1) is 0 Å². The molecule has 0 bridgehead atoms. The van der Waals surface area contributed by atoms with Crippen molar-refractivity contribution in [3.05, 3.63) is 41.5 Å². The molecular formula is C16H24N2O2S. The van der Waals surface area contributed by atoms with Crippen LogP contribution in [0.3, 0.4) is 0 Å². The monoisotopic (exact) mass is 308 g/mol. The fourth-order valence-electron chi connectivity index (χ4n) is 2.22. The highest BCUT2D eigenvalue weighted by Crippen LogP contribution is 2.20. The molecule has 1 aromatic carbocycles. The largest absolute Gasteiger partial charge is 0.310 e. The van der Waals surface area contributed by atoms with E-state index in [1.54, 1.807) is 16.4 Å². The molecule has 0 fully saturated rings. The minimum absolute atomic E-state index is 0.378. The molecule has 5 heteroatoms. The Hall–Kier alpha value is -1.17. The zero-order chi connectivity index (χ0) is 15.5. The predicted molar refractivity (Wildman–Crippen MR) is 85.6 cm³/mol. The van der Waals surface area contributed by atoms with Crippen molar-refractivity contribution < 1.29 is 8.42 Å². The molecule has 0 spiro atoms. The van der Waals surface area contributed by atoms with Crippen molar-refractivity contribution in [2.75, 3.05) is 13.1 Å². The van der Waals surface area contributed by atoms with Crippen LogP contribution in [-0.2, 0) is 16.6 Å². The summed E-state index contributed by atoms with van der Waals surface area (Å²) in [6, 6.07) is 7.59. The van der Waals surface area contributed by atoms with E-state index in [0.717, 1.165) is 18.5 Å².